The molecule has 1 fully saturated rings. The summed E-state index contributed by atoms with van der Waals surface area (Å²) in [5.41, 5.74) is -1.97. The van der Waals surface area contributed by atoms with Crippen LogP contribution in [0.5, 0.6) is 0 Å². The van der Waals surface area contributed by atoms with E-state index in [1.165, 1.54) is 19.9 Å². The van der Waals surface area contributed by atoms with Crippen LogP contribution in [0.3, 0.4) is 0 Å². The summed E-state index contributed by atoms with van der Waals surface area (Å²) in [4.78, 5) is 29.5. The van der Waals surface area contributed by atoms with Crippen molar-refractivity contribution in [3.63, 3.8) is 0 Å². The van der Waals surface area contributed by atoms with Crippen molar-refractivity contribution in [2.45, 2.75) is 38.1 Å². The number of aromatic nitrogens is 3. The van der Waals surface area contributed by atoms with Crippen LogP contribution < -0.4 is 5.32 Å². The lowest BCUT2D eigenvalue weighted by atomic mass is 9.95. The molecule has 2 amide bonds. The van der Waals surface area contributed by atoms with Crippen LogP contribution in [0.15, 0.2) is 36.5 Å². The molecule has 0 bridgehead atoms. The van der Waals surface area contributed by atoms with Crippen molar-refractivity contribution in [3.8, 4) is 6.07 Å². The van der Waals surface area contributed by atoms with Crippen LogP contribution in [0.25, 0.3) is 10.9 Å². The Balaban J connectivity index is 1.62. The first-order chi connectivity index (χ1) is 16.4. The van der Waals surface area contributed by atoms with E-state index in [4.69, 9.17) is 5.26 Å². The summed E-state index contributed by atoms with van der Waals surface area (Å²) in [5.74, 6) is -1.11. The summed E-state index contributed by atoms with van der Waals surface area (Å²) in [6.07, 6.45) is -3.16. The van der Waals surface area contributed by atoms with Gasteiger partial charge in [0.1, 0.15) is 17.8 Å². The number of hydrogen-bond donors (Lipinski definition) is 2. The number of pyridine rings is 1. The number of aliphatic hydroxyl groups is 1. The van der Waals surface area contributed by atoms with Crippen molar-refractivity contribution in [2.24, 2.45) is 0 Å². The number of nitrogens with one attached hydrogen (secondary N) is 1. The van der Waals surface area contributed by atoms with Gasteiger partial charge < -0.3 is 15.3 Å². The Hall–Kier alpha value is -3.98. The molecule has 9 nitrogen and oxygen atoms in total. The molecule has 1 aromatic carbocycles. The second-order valence-corrected chi connectivity index (χ2v) is 8.77. The molecule has 4 rings (SSSR count). The molecule has 35 heavy (non-hydrogen) atoms. The number of fused-ring (bicyclic) bond motifs is 1. The Labute approximate surface area is 197 Å². The van der Waals surface area contributed by atoms with E-state index in [0.29, 0.717) is 29.6 Å². The Morgan fingerprint density at radius 1 is 1.26 bits per heavy atom. The van der Waals surface area contributed by atoms with Crippen LogP contribution >= 0.6 is 0 Å². The summed E-state index contributed by atoms with van der Waals surface area (Å²) in [7, 11) is 0. The van der Waals surface area contributed by atoms with Gasteiger partial charge in [-0.3, -0.25) is 14.3 Å². The fraction of sp³-hybridized carbons (Fsp3) is 0.348. The molecule has 182 valence electrons. The number of anilines is 1. The highest BCUT2D eigenvalue weighted by Gasteiger charge is 2.34. The van der Waals surface area contributed by atoms with Crippen molar-refractivity contribution in [3.05, 3.63) is 53.5 Å². The third-order valence-corrected chi connectivity index (χ3v) is 5.66. The summed E-state index contributed by atoms with van der Waals surface area (Å²) in [6, 6.07) is 7.94. The average molecular weight is 486 g/mol. The van der Waals surface area contributed by atoms with Gasteiger partial charge in [-0.05, 0) is 38.1 Å². The summed E-state index contributed by atoms with van der Waals surface area (Å²) in [5, 5.41) is 27.0. The second-order valence-electron chi connectivity index (χ2n) is 8.77. The Bertz CT molecular complexity index is 1350. The van der Waals surface area contributed by atoms with E-state index in [1.807, 2.05) is 6.07 Å². The SMILES string of the molecule is CC(C)(O)c1cc2nn(C3CN(C(=O)CC#N)C3)cc2cc1NC(=O)c1cccc(C(F)(F)F)n1. The molecule has 1 saturated heterocycles. The van der Waals surface area contributed by atoms with Crippen LogP contribution in [-0.2, 0) is 16.6 Å². The number of halogens is 3. The van der Waals surface area contributed by atoms with Gasteiger partial charge in [0.15, 0.2) is 0 Å². The van der Waals surface area contributed by atoms with Crippen LogP contribution in [0, 0.1) is 11.3 Å². The molecule has 2 N–H and O–H groups in total. The normalized spacial score (nSPS) is 14.5. The number of benzene rings is 1. The van der Waals surface area contributed by atoms with Crippen LogP contribution in [0.2, 0.25) is 0 Å². The minimum Gasteiger partial charge on any atom is -0.386 e. The third-order valence-electron chi connectivity index (χ3n) is 5.66. The zero-order valence-corrected chi connectivity index (χ0v) is 18.8. The molecule has 0 saturated carbocycles. The fourth-order valence-corrected chi connectivity index (χ4v) is 3.80. The van der Waals surface area contributed by atoms with Gasteiger partial charge in [-0.15, -0.1) is 0 Å². The topological polar surface area (TPSA) is 124 Å². The molecule has 1 aliphatic rings. The smallest absolute Gasteiger partial charge is 0.386 e. The van der Waals surface area contributed by atoms with Crippen LogP contribution in [0.4, 0.5) is 18.9 Å². The quantitative estimate of drug-likeness (QED) is 0.571. The molecular formula is C23H21F3N6O3. The van der Waals surface area contributed by atoms with Crippen LogP contribution in [0.1, 0.15) is 48.1 Å². The van der Waals surface area contributed by atoms with Gasteiger partial charge >= 0.3 is 6.18 Å². The minimum atomic E-state index is -4.70. The lowest BCUT2D eigenvalue weighted by Crippen LogP contribution is -2.50. The summed E-state index contributed by atoms with van der Waals surface area (Å²) < 4.78 is 40.6. The lowest BCUT2D eigenvalue weighted by Gasteiger charge is -2.38. The van der Waals surface area contributed by atoms with Crippen molar-refractivity contribution in [1.82, 2.24) is 19.7 Å². The number of carbonyl (C=O) groups is 2. The highest BCUT2D eigenvalue weighted by molar-refractivity contribution is 6.04. The zero-order chi connectivity index (χ0) is 25.5. The van der Waals surface area contributed by atoms with Gasteiger partial charge in [-0.2, -0.15) is 23.5 Å². The molecule has 12 heteroatoms. The average Bonchev–Trinajstić information content (AvgIpc) is 3.13. The first-order valence-corrected chi connectivity index (χ1v) is 10.6. The number of hydrogen-bond acceptors (Lipinski definition) is 6. The van der Waals surface area contributed by atoms with Gasteiger partial charge in [0, 0.05) is 35.9 Å². The molecule has 0 aliphatic carbocycles. The van der Waals surface area contributed by atoms with Crippen LogP contribution in [-0.4, -0.2) is 49.7 Å². The summed E-state index contributed by atoms with van der Waals surface area (Å²) >= 11 is 0. The number of likely N-dealkylation sites (tertiary alicyclic amines) is 1. The number of nitriles is 1. The number of amides is 2. The predicted molar refractivity (Wildman–Crippen MR) is 118 cm³/mol. The highest BCUT2D eigenvalue weighted by atomic mass is 19.4. The molecule has 3 aromatic rings. The molecule has 1 aliphatic heterocycles. The van der Waals surface area contributed by atoms with E-state index in [2.05, 4.69) is 15.4 Å². The third kappa shape index (κ3) is 4.95. The largest absolute Gasteiger partial charge is 0.433 e. The number of carbonyl (C=O) groups excluding carboxylic acids is 2. The van der Waals surface area contributed by atoms with Gasteiger partial charge in [0.05, 0.1) is 23.2 Å². The number of alkyl halides is 3. The Morgan fingerprint density at radius 3 is 2.60 bits per heavy atom. The lowest BCUT2D eigenvalue weighted by molar-refractivity contribution is -0.141. The maximum absolute atomic E-state index is 13.0. The van der Waals surface area contributed by atoms with Crippen molar-refractivity contribution in [1.29, 1.82) is 5.26 Å². The molecule has 2 aromatic heterocycles. The number of nitrogens with zero attached hydrogens (tertiary/aromatic N) is 5. The van der Waals surface area contributed by atoms with E-state index in [1.54, 1.807) is 27.9 Å². The molecule has 0 atom stereocenters. The van der Waals surface area contributed by atoms with E-state index in [9.17, 15) is 27.9 Å². The van der Waals surface area contributed by atoms with Crippen molar-refractivity contribution >= 4 is 28.4 Å². The Kier molecular flexibility index (Phi) is 5.98. The molecule has 0 unspecified atom stereocenters. The maximum Gasteiger partial charge on any atom is 0.433 e. The van der Waals surface area contributed by atoms with Gasteiger partial charge in [-0.25, -0.2) is 4.98 Å². The van der Waals surface area contributed by atoms with Gasteiger partial charge in [-0.1, -0.05) is 6.07 Å². The second kappa shape index (κ2) is 8.66. The zero-order valence-electron chi connectivity index (χ0n) is 18.8. The molecule has 0 spiro atoms. The van der Waals surface area contributed by atoms with Gasteiger partial charge in [0.2, 0.25) is 5.91 Å². The van der Waals surface area contributed by atoms with E-state index < -0.39 is 29.1 Å². The molecule has 0 radical (unpaired) electrons. The van der Waals surface area contributed by atoms with E-state index in [-0.39, 0.29) is 24.1 Å². The maximum atomic E-state index is 13.0. The van der Waals surface area contributed by atoms with E-state index in [0.717, 1.165) is 12.1 Å². The van der Waals surface area contributed by atoms with Gasteiger partial charge in [0.25, 0.3) is 5.91 Å². The molecular weight excluding hydrogens is 465 g/mol. The standard InChI is InChI=1S/C23H21F3N6O3/c1-22(2,35)15-9-17-13(10-32(30-17)14-11-31(12-14)20(33)6-7-27)8-18(15)29-21(34)16-4-3-5-19(28-16)23(24,25)26/h3-5,8-10,14,35H,6,11-12H2,1-2H3,(H,29,34). The predicted octanol–water partition coefficient (Wildman–Crippen LogP) is 3.23. The highest BCUT2D eigenvalue weighted by Crippen LogP contribution is 2.34. The van der Waals surface area contributed by atoms with Crippen molar-refractivity contribution in [2.75, 3.05) is 18.4 Å². The first kappa shape index (κ1) is 24.2. The minimum absolute atomic E-state index is 0.0945. The first-order valence-electron chi connectivity index (χ1n) is 10.6. The van der Waals surface area contributed by atoms with E-state index >= 15 is 0 Å². The molecule has 3 heterocycles. The summed E-state index contributed by atoms with van der Waals surface area (Å²) in [6.45, 7) is 3.82. The Morgan fingerprint density at radius 2 is 1.97 bits per heavy atom. The fourth-order valence-electron chi connectivity index (χ4n) is 3.80. The number of rotatable bonds is 5. The van der Waals surface area contributed by atoms with Crippen molar-refractivity contribution < 1.29 is 27.9 Å². The monoisotopic (exact) mass is 486 g/mol.